The quantitative estimate of drug-likeness (QED) is 0.314. The molecule has 0 N–H and O–H groups in total. The standard InChI is InChI=1S/2C7H13N2.2C2F6NO4S2/c2*1-4-9-6-8(3)5-7(9)2;2*3-1(4,5)14(10,11)9-15(12,13)2(6,7)8/h2*5-6H,4H2,1-3H3;;/q2*+1;2*-1. The number of hydrogen-bond acceptors (Lipinski definition) is 8. The molecule has 30 heteroatoms. The Morgan fingerprint density at radius 3 is 0.792 bits per heavy atom. The van der Waals surface area contributed by atoms with Crippen molar-refractivity contribution in [2.24, 2.45) is 14.1 Å². The highest BCUT2D eigenvalue weighted by molar-refractivity contribution is 8.13. The first-order valence-corrected chi connectivity index (χ1v) is 17.4. The van der Waals surface area contributed by atoms with Gasteiger partial charge in [0.1, 0.15) is 23.8 Å². The molecular weight excluding hydrogens is 784 g/mol. The molecule has 0 bridgehead atoms. The van der Waals surface area contributed by atoms with Gasteiger partial charge in [-0.2, -0.15) is 52.7 Å². The number of alkyl halides is 12. The van der Waals surface area contributed by atoms with Crippen molar-refractivity contribution in [3.8, 4) is 0 Å². The lowest BCUT2D eigenvalue weighted by Gasteiger charge is -2.22. The van der Waals surface area contributed by atoms with E-state index in [4.69, 9.17) is 0 Å². The highest BCUT2D eigenvalue weighted by atomic mass is 32.3. The van der Waals surface area contributed by atoms with Crippen LogP contribution in [0.4, 0.5) is 52.7 Å². The average molecular weight is 811 g/mol. The SMILES string of the molecule is CCn1c[n+](C)cc1C.CCn1c[n+](C)cc1C.O=S(=O)([N-]S(=O)(=O)C(F)(F)F)C(F)(F)F.O=S(=O)([N-]S(=O)(=O)C(F)(F)F)C(F)(F)F. The van der Waals surface area contributed by atoms with Gasteiger partial charge in [0, 0.05) is 13.8 Å². The number of nitrogens with zero attached hydrogens (tertiary/aromatic N) is 6. The number of sulfonamides is 4. The molecule has 0 radical (unpaired) electrons. The van der Waals surface area contributed by atoms with Gasteiger partial charge in [0.15, 0.2) is 40.1 Å². The number of hydrogen-bond donors (Lipinski definition) is 0. The van der Waals surface area contributed by atoms with Crippen molar-refractivity contribution in [2.75, 3.05) is 0 Å². The Kier molecular flexibility index (Phi) is 16.1. The van der Waals surface area contributed by atoms with Crippen LogP contribution in [-0.4, -0.2) is 64.8 Å². The van der Waals surface area contributed by atoms with E-state index in [1.54, 1.807) is 0 Å². The van der Waals surface area contributed by atoms with Crippen LogP contribution in [0.5, 0.6) is 0 Å². The maximum atomic E-state index is 11.4. The van der Waals surface area contributed by atoms with E-state index in [1.165, 1.54) is 11.4 Å². The number of aryl methyl sites for hydroxylation is 6. The Balaban J connectivity index is 0. The van der Waals surface area contributed by atoms with Gasteiger partial charge in [0.05, 0.1) is 27.2 Å². The van der Waals surface area contributed by atoms with Crippen LogP contribution in [0.3, 0.4) is 0 Å². The van der Waals surface area contributed by atoms with Crippen LogP contribution < -0.4 is 9.13 Å². The van der Waals surface area contributed by atoms with Crippen LogP contribution in [0.15, 0.2) is 25.0 Å². The lowest BCUT2D eigenvalue weighted by atomic mass is 10.5. The van der Waals surface area contributed by atoms with Crippen LogP contribution in [-0.2, 0) is 67.3 Å². The van der Waals surface area contributed by atoms with E-state index >= 15 is 0 Å². The molecule has 0 saturated carbocycles. The molecule has 0 aliphatic carbocycles. The molecule has 0 spiro atoms. The lowest BCUT2D eigenvalue weighted by Crippen LogP contribution is -2.30. The fourth-order valence-corrected chi connectivity index (χ4v) is 5.93. The third-order valence-corrected chi connectivity index (χ3v) is 10.1. The molecule has 2 rings (SSSR count). The Labute approximate surface area is 266 Å². The monoisotopic (exact) mass is 810 g/mol. The van der Waals surface area contributed by atoms with Gasteiger partial charge in [-0.05, 0) is 13.8 Å². The molecule has 0 amide bonds. The predicted octanol–water partition coefficient (Wildman–Crippen LogP) is 3.40. The summed E-state index contributed by atoms with van der Waals surface area (Å²) in [6, 6.07) is 0. The van der Waals surface area contributed by atoms with Gasteiger partial charge in [-0.3, -0.25) is 0 Å². The minimum Gasteiger partial charge on any atom is -0.421 e. The molecule has 2 aromatic heterocycles. The molecule has 48 heavy (non-hydrogen) atoms. The Morgan fingerprint density at radius 2 is 0.708 bits per heavy atom. The molecule has 2 heterocycles. The topological polar surface area (TPSA) is 182 Å². The second-order valence-corrected chi connectivity index (χ2v) is 15.4. The predicted molar refractivity (Wildman–Crippen MR) is 139 cm³/mol. The second kappa shape index (κ2) is 16.3. The van der Waals surface area contributed by atoms with Gasteiger partial charge in [0.25, 0.3) is 0 Å². The van der Waals surface area contributed by atoms with Crippen molar-refractivity contribution in [2.45, 2.75) is 62.8 Å². The summed E-state index contributed by atoms with van der Waals surface area (Å²) in [5, 5.41) is 0. The number of halogens is 12. The summed E-state index contributed by atoms with van der Waals surface area (Å²) < 4.78 is 227. The first-order valence-electron chi connectivity index (χ1n) is 11.7. The summed E-state index contributed by atoms with van der Waals surface area (Å²) in [6.45, 7) is 10.6. The van der Waals surface area contributed by atoms with Crippen molar-refractivity contribution in [3.63, 3.8) is 0 Å². The zero-order chi connectivity index (χ0) is 39.1. The fourth-order valence-electron chi connectivity index (χ4n) is 2.52. The first-order chi connectivity index (χ1) is 20.9. The molecule has 0 fully saturated rings. The first kappa shape index (κ1) is 47.4. The molecule has 0 aliphatic heterocycles. The van der Waals surface area contributed by atoms with Crippen molar-refractivity contribution < 1.29 is 95.5 Å². The van der Waals surface area contributed by atoms with Crippen molar-refractivity contribution >= 4 is 40.1 Å². The Hall–Kier alpha value is -2.70. The lowest BCUT2D eigenvalue weighted by molar-refractivity contribution is -0.671. The minimum atomic E-state index is -6.72. The maximum Gasteiger partial charge on any atom is 0.480 e. The highest BCUT2D eigenvalue weighted by Gasteiger charge is 2.48. The molecule has 2 aromatic rings. The van der Waals surface area contributed by atoms with Crippen molar-refractivity contribution in [1.82, 2.24) is 9.13 Å². The third-order valence-electron chi connectivity index (χ3n) is 4.57. The third kappa shape index (κ3) is 14.4. The summed E-state index contributed by atoms with van der Waals surface area (Å²) in [5.41, 5.74) is -22.2. The van der Waals surface area contributed by atoms with Crippen LogP contribution in [0.2, 0.25) is 0 Å². The summed E-state index contributed by atoms with van der Waals surface area (Å²) in [4.78, 5) is 0. The molecular formula is C18H26F12N6O8S4. The van der Waals surface area contributed by atoms with E-state index in [1.807, 2.05) is 14.1 Å². The highest BCUT2D eigenvalue weighted by Crippen LogP contribution is 2.37. The smallest absolute Gasteiger partial charge is 0.421 e. The van der Waals surface area contributed by atoms with Crippen LogP contribution >= 0.6 is 0 Å². The number of imidazole rings is 2. The maximum absolute atomic E-state index is 11.4. The number of aromatic nitrogens is 4. The van der Waals surface area contributed by atoms with Crippen molar-refractivity contribution in [3.05, 3.63) is 44.7 Å². The van der Waals surface area contributed by atoms with E-state index in [0.717, 1.165) is 21.3 Å². The van der Waals surface area contributed by atoms with E-state index in [-0.39, 0.29) is 0 Å². The van der Waals surface area contributed by atoms with Crippen LogP contribution in [0.1, 0.15) is 25.2 Å². The summed E-state index contributed by atoms with van der Waals surface area (Å²) in [6.07, 6.45) is 8.41. The zero-order valence-electron chi connectivity index (χ0n) is 24.8. The molecule has 14 nitrogen and oxygen atoms in total. The molecule has 0 aliphatic rings. The number of rotatable bonds is 6. The van der Waals surface area contributed by atoms with E-state index in [0.29, 0.717) is 0 Å². The van der Waals surface area contributed by atoms with Gasteiger partial charge >= 0.3 is 22.0 Å². The Bertz CT molecular complexity index is 1580. The van der Waals surface area contributed by atoms with Gasteiger partial charge in [0.2, 0.25) is 12.7 Å². The average Bonchev–Trinajstić information content (AvgIpc) is 3.34. The summed E-state index contributed by atoms with van der Waals surface area (Å²) >= 11 is 0. The van der Waals surface area contributed by atoms with Gasteiger partial charge < -0.3 is 8.25 Å². The van der Waals surface area contributed by atoms with E-state index in [9.17, 15) is 86.4 Å². The molecule has 0 aromatic carbocycles. The van der Waals surface area contributed by atoms with E-state index in [2.05, 4.69) is 71.0 Å². The Morgan fingerprint density at radius 1 is 0.521 bits per heavy atom. The molecule has 284 valence electrons. The van der Waals surface area contributed by atoms with Crippen LogP contribution in [0.25, 0.3) is 8.25 Å². The van der Waals surface area contributed by atoms with Gasteiger partial charge in [-0.15, -0.1) is 0 Å². The van der Waals surface area contributed by atoms with Crippen LogP contribution in [0, 0.1) is 13.8 Å². The molecule has 0 atom stereocenters. The fraction of sp³-hybridized carbons (Fsp3) is 0.667. The zero-order valence-corrected chi connectivity index (χ0v) is 28.1. The summed E-state index contributed by atoms with van der Waals surface area (Å²) in [7, 11) is -22.8. The van der Waals surface area contributed by atoms with Gasteiger partial charge in [-0.25, -0.2) is 51.9 Å². The largest absolute Gasteiger partial charge is 0.480 e. The van der Waals surface area contributed by atoms with E-state index < -0.39 is 62.1 Å². The molecule has 0 saturated heterocycles. The van der Waals surface area contributed by atoms with Crippen molar-refractivity contribution in [1.29, 1.82) is 0 Å². The van der Waals surface area contributed by atoms with Gasteiger partial charge in [-0.1, -0.05) is 0 Å². The minimum absolute atomic E-state index is 0.778. The molecule has 0 unspecified atom stereocenters. The summed E-state index contributed by atoms with van der Waals surface area (Å²) in [5.74, 6) is 0. The second-order valence-electron chi connectivity index (χ2n) is 8.51. The normalized spacial score (nSPS) is 13.4.